The van der Waals surface area contributed by atoms with Gasteiger partial charge in [-0.3, -0.25) is 0 Å². The van der Waals surface area contributed by atoms with Crippen molar-refractivity contribution in [2.24, 2.45) is 0 Å². The number of benzene rings is 8. The lowest BCUT2D eigenvalue weighted by atomic mass is 9.32. The lowest BCUT2D eigenvalue weighted by Crippen LogP contribution is -2.62. The molecule has 0 saturated heterocycles. The lowest BCUT2D eigenvalue weighted by Gasteiger charge is -2.52. The fourth-order valence-electron chi connectivity index (χ4n) is 15.3. The molecule has 0 amide bonds. The van der Waals surface area contributed by atoms with Gasteiger partial charge in [-0.2, -0.15) is 0 Å². The minimum absolute atomic E-state index is 0.00190. The van der Waals surface area contributed by atoms with E-state index in [1.54, 1.807) is 0 Å². The van der Waals surface area contributed by atoms with Crippen LogP contribution < -0.4 is 31.1 Å². The molecular weight excluding hydrogens is 862 g/mol. The molecule has 5 heterocycles. The van der Waals surface area contributed by atoms with Gasteiger partial charge >= 0.3 is 0 Å². The molecule has 71 heavy (non-hydrogen) atoms. The van der Waals surface area contributed by atoms with E-state index in [1.165, 1.54) is 120 Å². The standard InChI is InChI=1S/C66H60BN3O/c1-62(2,3)39-27-31-49-53(35-39)68(40-28-29-44-43-20-11-15-26-56(43)71-57(44)38-40)54-36-41(70-51-24-14-13-23-47(51)64(7)33-16-17-34-65(64,70)8)37-55-60(54)67(49)50-32-30-48(63(4,5)6)59-61(50)69(55)52-25-18-21-45-42-19-10-12-22-46(42)66(59,9)58(45)52/h10-15,18-32,35-38H,16-17,33-34H2,1-9H3. The van der Waals surface area contributed by atoms with E-state index in [4.69, 9.17) is 4.42 Å². The summed E-state index contributed by atoms with van der Waals surface area (Å²) in [5, 5.41) is 2.29. The van der Waals surface area contributed by atoms with E-state index in [9.17, 15) is 0 Å². The zero-order valence-corrected chi connectivity index (χ0v) is 42.6. The van der Waals surface area contributed by atoms with Crippen LogP contribution in [-0.2, 0) is 21.7 Å². The summed E-state index contributed by atoms with van der Waals surface area (Å²) in [4.78, 5) is 8.18. The van der Waals surface area contributed by atoms with Gasteiger partial charge in [-0.25, -0.2) is 0 Å². The van der Waals surface area contributed by atoms with Crippen molar-refractivity contribution in [1.82, 2.24) is 0 Å². The van der Waals surface area contributed by atoms with Crippen LogP contribution in [0.3, 0.4) is 0 Å². The van der Waals surface area contributed by atoms with Crippen molar-refractivity contribution in [3.63, 3.8) is 0 Å². The Hall–Kier alpha value is -6.98. The monoisotopic (exact) mass is 921 g/mol. The predicted molar refractivity (Wildman–Crippen MR) is 299 cm³/mol. The molecule has 4 nitrogen and oxygen atoms in total. The molecule has 2 aliphatic carbocycles. The van der Waals surface area contributed by atoms with Crippen LogP contribution in [0.2, 0.25) is 0 Å². The molecule has 5 heteroatoms. The minimum atomic E-state index is -0.363. The van der Waals surface area contributed by atoms with Crippen molar-refractivity contribution < 1.29 is 4.42 Å². The zero-order chi connectivity index (χ0) is 48.3. The van der Waals surface area contributed by atoms with Gasteiger partial charge in [-0.1, -0.05) is 158 Å². The maximum atomic E-state index is 6.74. The average Bonchev–Trinajstić information content (AvgIpc) is 3.94. The van der Waals surface area contributed by atoms with E-state index in [1.807, 2.05) is 0 Å². The van der Waals surface area contributed by atoms with Crippen molar-refractivity contribution in [2.45, 2.75) is 115 Å². The summed E-state index contributed by atoms with van der Waals surface area (Å²) >= 11 is 0. The summed E-state index contributed by atoms with van der Waals surface area (Å²) in [6, 6.07) is 58.9. The Kier molecular flexibility index (Phi) is 7.94. The molecule has 0 bridgehead atoms. The Morgan fingerprint density at radius 2 is 1.20 bits per heavy atom. The second kappa shape index (κ2) is 13.5. The molecule has 4 aliphatic heterocycles. The summed E-state index contributed by atoms with van der Waals surface area (Å²) in [6.45, 7) is 22.0. The first-order valence-corrected chi connectivity index (χ1v) is 26.3. The fraction of sp³-hybridized carbons (Fsp3) is 0.273. The Morgan fingerprint density at radius 1 is 0.507 bits per heavy atom. The molecule has 0 N–H and O–H groups in total. The normalized spacial score (nSPS) is 22.0. The number of para-hydroxylation sites is 2. The van der Waals surface area contributed by atoms with Crippen LogP contribution in [0.15, 0.2) is 156 Å². The van der Waals surface area contributed by atoms with Crippen molar-refractivity contribution in [3.8, 4) is 11.1 Å². The third-order valence-corrected chi connectivity index (χ3v) is 18.8. The number of nitrogens with zero attached hydrogens (tertiary/aromatic N) is 3. The Balaban J connectivity index is 1.11. The number of rotatable bonds is 2. The molecule has 348 valence electrons. The molecule has 1 saturated carbocycles. The molecule has 1 fully saturated rings. The van der Waals surface area contributed by atoms with Crippen LogP contribution >= 0.6 is 0 Å². The molecule has 8 aromatic carbocycles. The van der Waals surface area contributed by atoms with Crippen molar-refractivity contribution >= 4 is 90.5 Å². The summed E-state index contributed by atoms with van der Waals surface area (Å²) < 4.78 is 6.74. The molecule has 9 aromatic rings. The highest BCUT2D eigenvalue weighted by Gasteiger charge is 2.59. The van der Waals surface area contributed by atoms with E-state index in [2.05, 4.69) is 229 Å². The molecule has 0 spiro atoms. The molecule has 6 aliphatic rings. The largest absolute Gasteiger partial charge is 0.456 e. The maximum Gasteiger partial charge on any atom is 0.252 e. The van der Waals surface area contributed by atoms with Crippen molar-refractivity contribution in [3.05, 3.63) is 185 Å². The minimum Gasteiger partial charge on any atom is -0.456 e. The van der Waals surface area contributed by atoms with E-state index >= 15 is 0 Å². The van der Waals surface area contributed by atoms with Crippen molar-refractivity contribution in [2.75, 3.05) is 14.7 Å². The third-order valence-electron chi connectivity index (χ3n) is 18.8. The van der Waals surface area contributed by atoms with Gasteiger partial charge in [0.1, 0.15) is 11.2 Å². The summed E-state index contributed by atoms with van der Waals surface area (Å²) in [5.74, 6) is 0. The topological polar surface area (TPSA) is 22.9 Å². The first-order chi connectivity index (χ1) is 34.1. The third kappa shape index (κ3) is 5.08. The average molecular weight is 922 g/mol. The Morgan fingerprint density at radius 3 is 2.01 bits per heavy atom. The van der Waals surface area contributed by atoms with Crippen LogP contribution in [0.1, 0.15) is 121 Å². The van der Waals surface area contributed by atoms with Crippen LogP contribution in [0, 0.1) is 0 Å². The molecule has 15 rings (SSSR count). The van der Waals surface area contributed by atoms with Gasteiger partial charge in [0.25, 0.3) is 6.71 Å². The van der Waals surface area contributed by atoms with Crippen LogP contribution in [0.25, 0.3) is 33.1 Å². The van der Waals surface area contributed by atoms with E-state index < -0.39 is 0 Å². The lowest BCUT2D eigenvalue weighted by molar-refractivity contribution is 0.195. The number of hydrogen-bond donors (Lipinski definition) is 0. The fourth-order valence-corrected chi connectivity index (χ4v) is 15.3. The van der Waals surface area contributed by atoms with E-state index in [0.29, 0.717) is 0 Å². The highest BCUT2D eigenvalue weighted by molar-refractivity contribution is 7.00. The van der Waals surface area contributed by atoms with Gasteiger partial charge in [0.15, 0.2) is 0 Å². The molecular formula is C66H60BN3O. The highest BCUT2D eigenvalue weighted by atomic mass is 16.3. The number of furan rings is 1. The number of hydrogen-bond acceptors (Lipinski definition) is 4. The predicted octanol–water partition coefficient (Wildman–Crippen LogP) is 15.7. The van der Waals surface area contributed by atoms with Gasteiger partial charge < -0.3 is 19.1 Å². The smallest absolute Gasteiger partial charge is 0.252 e. The molecule has 0 radical (unpaired) electrons. The van der Waals surface area contributed by atoms with Crippen LogP contribution in [0.4, 0.5) is 45.5 Å². The highest BCUT2D eigenvalue weighted by Crippen LogP contribution is 2.66. The van der Waals surface area contributed by atoms with E-state index in [0.717, 1.165) is 34.0 Å². The Bertz CT molecular complexity index is 3850. The second-order valence-corrected chi connectivity index (χ2v) is 24.5. The van der Waals surface area contributed by atoms with Gasteiger partial charge in [0.05, 0.1) is 11.2 Å². The van der Waals surface area contributed by atoms with Gasteiger partial charge in [0.2, 0.25) is 0 Å². The summed E-state index contributed by atoms with van der Waals surface area (Å²) in [5.41, 5.74) is 26.5. The first kappa shape index (κ1) is 41.8. The van der Waals surface area contributed by atoms with Gasteiger partial charge in [-0.05, 0) is 147 Å². The second-order valence-electron chi connectivity index (χ2n) is 24.5. The van der Waals surface area contributed by atoms with Crippen LogP contribution in [-0.4, -0.2) is 12.3 Å². The summed E-state index contributed by atoms with van der Waals surface area (Å²) in [6.07, 6.45) is 4.78. The van der Waals surface area contributed by atoms with Crippen LogP contribution in [0.5, 0.6) is 0 Å². The zero-order valence-electron chi connectivity index (χ0n) is 42.6. The number of anilines is 8. The van der Waals surface area contributed by atoms with Gasteiger partial charge in [0, 0.05) is 67.5 Å². The van der Waals surface area contributed by atoms with Crippen molar-refractivity contribution in [1.29, 1.82) is 0 Å². The summed E-state index contributed by atoms with van der Waals surface area (Å²) in [7, 11) is 0. The van der Waals surface area contributed by atoms with Gasteiger partial charge in [-0.15, -0.1) is 0 Å². The maximum absolute atomic E-state index is 6.74. The van der Waals surface area contributed by atoms with E-state index in [-0.39, 0.29) is 33.9 Å². The molecule has 3 unspecified atom stereocenters. The Labute approximate surface area is 419 Å². The molecule has 3 atom stereocenters. The molecule has 1 aromatic heterocycles. The first-order valence-electron chi connectivity index (χ1n) is 26.3. The quantitative estimate of drug-likeness (QED) is 0.161. The number of fused-ring (bicyclic) bond motifs is 15. The SMILES string of the molecule is CC(C)(C)c1ccc2c(c1)N(c1ccc3c(c1)oc1ccccc13)c1cc(N3c4ccccc4C4(C)CCCCC34C)cc3c1B2c1ccc(C(C)(C)C)c2c1N3c1cccc3c1C2(C)c1ccccc1-3.